The summed E-state index contributed by atoms with van der Waals surface area (Å²) in [6.45, 7) is 6.21. The lowest BCUT2D eigenvalue weighted by atomic mass is 9.83. The Morgan fingerprint density at radius 3 is 2.94 bits per heavy atom. The minimum atomic E-state index is -0.336. The topological polar surface area (TPSA) is 54.7 Å². The van der Waals surface area contributed by atoms with E-state index in [9.17, 15) is 0 Å². The lowest BCUT2D eigenvalue weighted by Gasteiger charge is -2.38. The van der Waals surface area contributed by atoms with Crippen LogP contribution in [0.4, 0.5) is 0 Å². The Labute approximate surface area is 95.0 Å². The predicted octanol–water partition coefficient (Wildman–Crippen LogP) is 2.46. The van der Waals surface area contributed by atoms with Crippen LogP contribution in [0.2, 0.25) is 0 Å². The fraction of sp³-hybridized carbons (Fsp3) is 0.500. The maximum atomic E-state index is 9.06. The van der Waals surface area contributed by atoms with Crippen molar-refractivity contribution in [3.63, 3.8) is 0 Å². The fourth-order valence-corrected chi connectivity index (χ4v) is 1.83. The Morgan fingerprint density at radius 1 is 1.56 bits per heavy atom. The highest BCUT2D eigenvalue weighted by Crippen LogP contribution is 2.36. The Kier molecular flexibility index (Phi) is 2.58. The first-order valence-corrected chi connectivity index (χ1v) is 5.41. The number of hydrogen-bond donors (Lipinski definition) is 1. The van der Waals surface area contributed by atoms with Gasteiger partial charge < -0.3 is 9.94 Å². The zero-order valence-corrected chi connectivity index (χ0v) is 9.77. The number of aromatic nitrogens is 1. The zero-order chi connectivity index (χ0) is 11.8. The Morgan fingerprint density at radius 2 is 2.31 bits per heavy atom. The molecule has 0 aromatic carbocycles. The molecule has 0 spiro atoms. The highest BCUT2D eigenvalue weighted by atomic mass is 16.5. The molecule has 0 amide bonds. The van der Waals surface area contributed by atoms with Crippen molar-refractivity contribution in [2.24, 2.45) is 11.1 Å². The molecular weight excluding hydrogens is 204 g/mol. The van der Waals surface area contributed by atoms with Crippen molar-refractivity contribution >= 4 is 5.71 Å². The van der Waals surface area contributed by atoms with Crippen LogP contribution in [0.5, 0.6) is 5.75 Å². The van der Waals surface area contributed by atoms with Crippen LogP contribution in [0.1, 0.15) is 32.8 Å². The van der Waals surface area contributed by atoms with Crippen LogP contribution >= 0.6 is 0 Å². The molecule has 16 heavy (non-hydrogen) atoms. The van der Waals surface area contributed by atoms with Crippen molar-refractivity contribution < 1.29 is 9.94 Å². The van der Waals surface area contributed by atoms with Gasteiger partial charge in [-0.2, -0.15) is 0 Å². The molecule has 1 unspecified atom stereocenters. The second-order valence-corrected chi connectivity index (χ2v) is 4.66. The fourth-order valence-electron chi connectivity index (χ4n) is 1.83. The van der Waals surface area contributed by atoms with Gasteiger partial charge in [-0.1, -0.05) is 19.0 Å². The van der Waals surface area contributed by atoms with Crippen molar-refractivity contribution in [1.29, 1.82) is 0 Å². The SMILES string of the molecule is CC(C)C1(C)C/C(=N\O)c2ccncc2O1. The van der Waals surface area contributed by atoms with E-state index in [0.717, 1.165) is 5.56 Å². The molecule has 0 fully saturated rings. The van der Waals surface area contributed by atoms with E-state index in [2.05, 4.69) is 24.0 Å². The van der Waals surface area contributed by atoms with E-state index in [1.54, 1.807) is 12.4 Å². The average molecular weight is 220 g/mol. The molecule has 2 rings (SSSR count). The van der Waals surface area contributed by atoms with E-state index in [1.165, 1.54) is 0 Å². The molecule has 4 heteroatoms. The van der Waals surface area contributed by atoms with Crippen LogP contribution in [0.25, 0.3) is 0 Å². The van der Waals surface area contributed by atoms with Gasteiger partial charge in [0, 0.05) is 18.2 Å². The molecule has 1 aromatic rings. The van der Waals surface area contributed by atoms with Crippen LogP contribution < -0.4 is 4.74 Å². The Bertz CT molecular complexity index is 429. The summed E-state index contributed by atoms with van der Waals surface area (Å²) in [6, 6.07) is 1.81. The number of pyridine rings is 1. The van der Waals surface area contributed by atoms with Gasteiger partial charge in [-0.05, 0) is 18.9 Å². The minimum absolute atomic E-state index is 0.331. The van der Waals surface area contributed by atoms with Crippen molar-refractivity contribution in [2.75, 3.05) is 0 Å². The standard InChI is InChI=1S/C12H16N2O2/c1-8(2)12(3)6-10(14-15)9-4-5-13-7-11(9)16-12/h4-5,7-8,15H,6H2,1-3H3/b14-10+. The monoisotopic (exact) mass is 220 g/mol. The second kappa shape index (κ2) is 3.77. The summed E-state index contributed by atoms with van der Waals surface area (Å²) in [6.07, 6.45) is 3.95. The molecule has 0 saturated heterocycles. The van der Waals surface area contributed by atoms with Gasteiger partial charge in [-0.15, -0.1) is 0 Å². The summed E-state index contributed by atoms with van der Waals surface area (Å²) < 4.78 is 5.96. The molecule has 0 aliphatic carbocycles. The maximum Gasteiger partial charge on any atom is 0.147 e. The van der Waals surface area contributed by atoms with Gasteiger partial charge in [0.2, 0.25) is 0 Å². The average Bonchev–Trinajstić information content (AvgIpc) is 2.27. The molecule has 0 bridgehead atoms. The molecular formula is C12H16N2O2. The number of ether oxygens (including phenoxy) is 1. The van der Waals surface area contributed by atoms with Gasteiger partial charge in [-0.25, -0.2) is 0 Å². The first-order chi connectivity index (χ1) is 7.57. The molecule has 1 N–H and O–H groups in total. The largest absolute Gasteiger partial charge is 0.485 e. The first kappa shape index (κ1) is 10.9. The number of nitrogens with zero attached hydrogens (tertiary/aromatic N) is 2. The number of fused-ring (bicyclic) bond motifs is 1. The quantitative estimate of drug-likeness (QED) is 0.584. The summed E-state index contributed by atoms with van der Waals surface area (Å²) in [4.78, 5) is 4.03. The number of rotatable bonds is 1. The molecule has 4 nitrogen and oxygen atoms in total. The molecule has 1 aliphatic rings. The third-order valence-electron chi connectivity index (χ3n) is 3.30. The lowest BCUT2D eigenvalue weighted by molar-refractivity contribution is 0.0413. The van der Waals surface area contributed by atoms with Crippen LogP contribution in [0.15, 0.2) is 23.6 Å². The van der Waals surface area contributed by atoms with Crippen molar-refractivity contribution in [1.82, 2.24) is 4.98 Å². The van der Waals surface area contributed by atoms with Crippen LogP contribution in [0, 0.1) is 5.92 Å². The van der Waals surface area contributed by atoms with E-state index < -0.39 is 0 Å². The third kappa shape index (κ3) is 1.64. The van der Waals surface area contributed by atoms with E-state index in [0.29, 0.717) is 23.8 Å². The molecule has 1 atom stereocenters. The molecule has 0 saturated carbocycles. The summed E-state index contributed by atoms with van der Waals surface area (Å²) in [5, 5.41) is 12.4. The van der Waals surface area contributed by atoms with Crippen molar-refractivity contribution in [3.8, 4) is 5.75 Å². The molecule has 1 aliphatic heterocycles. The predicted molar refractivity (Wildman–Crippen MR) is 61.0 cm³/mol. The minimum Gasteiger partial charge on any atom is -0.485 e. The molecule has 1 aromatic heterocycles. The highest BCUT2D eigenvalue weighted by Gasteiger charge is 2.38. The van der Waals surface area contributed by atoms with E-state index in [1.807, 2.05) is 13.0 Å². The summed E-state index contributed by atoms with van der Waals surface area (Å²) in [7, 11) is 0. The second-order valence-electron chi connectivity index (χ2n) is 4.66. The lowest BCUT2D eigenvalue weighted by Crippen LogP contribution is -2.43. The van der Waals surface area contributed by atoms with E-state index in [4.69, 9.17) is 9.94 Å². The Hall–Kier alpha value is -1.58. The van der Waals surface area contributed by atoms with E-state index in [-0.39, 0.29) is 5.60 Å². The third-order valence-corrected chi connectivity index (χ3v) is 3.30. The smallest absolute Gasteiger partial charge is 0.147 e. The Balaban J connectivity index is 2.48. The normalized spacial score (nSPS) is 26.6. The first-order valence-electron chi connectivity index (χ1n) is 5.41. The highest BCUT2D eigenvalue weighted by molar-refractivity contribution is 6.03. The van der Waals surface area contributed by atoms with Crippen molar-refractivity contribution in [3.05, 3.63) is 24.0 Å². The van der Waals surface area contributed by atoms with Gasteiger partial charge in [-0.3, -0.25) is 4.98 Å². The summed E-state index contributed by atoms with van der Waals surface area (Å²) >= 11 is 0. The number of oxime groups is 1. The van der Waals surface area contributed by atoms with Crippen molar-refractivity contribution in [2.45, 2.75) is 32.8 Å². The zero-order valence-electron chi connectivity index (χ0n) is 9.77. The number of hydrogen-bond acceptors (Lipinski definition) is 4. The van der Waals surface area contributed by atoms with Gasteiger partial charge in [0.1, 0.15) is 11.4 Å². The molecule has 86 valence electrons. The summed E-state index contributed by atoms with van der Waals surface area (Å²) in [5.74, 6) is 1.02. The van der Waals surface area contributed by atoms with Crippen LogP contribution in [-0.4, -0.2) is 21.5 Å². The molecule has 0 radical (unpaired) electrons. The van der Waals surface area contributed by atoms with Gasteiger partial charge in [0.05, 0.1) is 11.9 Å². The van der Waals surface area contributed by atoms with Crippen LogP contribution in [-0.2, 0) is 0 Å². The van der Waals surface area contributed by atoms with Gasteiger partial charge >= 0.3 is 0 Å². The van der Waals surface area contributed by atoms with E-state index >= 15 is 0 Å². The van der Waals surface area contributed by atoms with Gasteiger partial charge in [0.25, 0.3) is 0 Å². The molecule has 2 heterocycles. The van der Waals surface area contributed by atoms with Crippen LogP contribution in [0.3, 0.4) is 0 Å². The van der Waals surface area contributed by atoms with Gasteiger partial charge in [0.15, 0.2) is 0 Å². The maximum absolute atomic E-state index is 9.06. The summed E-state index contributed by atoms with van der Waals surface area (Å²) in [5.41, 5.74) is 1.16.